The first-order chi connectivity index (χ1) is 14.7. The number of carbonyl (C=O) groups is 1. The van der Waals surface area contributed by atoms with Gasteiger partial charge in [-0.1, -0.05) is 19.1 Å². The monoisotopic (exact) mass is 466 g/mol. The standard InChI is InChI=1S/C21H26N2O6S2/c1-3-30(25,26)20-9-5-4-8-19(20)22-21(24)16-7-6-14-23(15-16)31(27,28)18-12-10-17(29-2)11-13-18/h4-5,8-13,16H,3,6-7,14-15H2,1-2H3,(H,22,24). The second-order valence-corrected chi connectivity index (χ2v) is 11.5. The second-order valence-electron chi connectivity index (χ2n) is 7.27. The zero-order chi connectivity index (χ0) is 22.6. The van der Waals surface area contributed by atoms with Gasteiger partial charge >= 0.3 is 0 Å². The number of hydrogen-bond donors (Lipinski definition) is 1. The minimum Gasteiger partial charge on any atom is -0.497 e. The van der Waals surface area contributed by atoms with Gasteiger partial charge in [0.25, 0.3) is 0 Å². The fourth-order valence-electron chi connectivity index (χ4n) is 3.50. The van der Waals surface area contributed by atoms with E-state index in [1.807, 2.05) is 0 Å². The van der Waals surface area contributed by atoms with Gasteiger partial charge in [-0.2, -0.15) is 4.31 Å². The van der Waals surface area contributed by atoms with E-state index in [1.165, 1.54) is 42.6 Å². The number of nitrogens with one attached hydrogen (secondary N) is 1. The normalized spacial score (nSPS) is 17.8. The lowest BCUT2D eigenvalue weighted by Crippen LogP contribution is -2.43. The van der Waals surface area contributed by atoms with Crippen molar-refractivity contribution in [2.45, 2.75) is 29.6 Å². The van der Waals surface area contributed by atoms with E-state index >= 15 is 0 Å². The summed E-state index contributed by atoms with van der Waals surface area (Å²) in [6, 6.07) is 12.3. The molecular formula is C21H26N2O6S2. The Kier molecular flexibility index (Phi) is 7.03. The Labute approximate surface area is 183 Å². The molecule has 1 heterocycles. The highest BCUT2D eigenvalue weighted by molar-refractivity contribution is 7.91. The van der Waals surface area contributed by atoms with Crippen molar-refractivity contribution >= 4 is 31.5 Å². The van der Waals surface area contributed by atoms with Crippen LogP contribution in [0.25, 0.3) is 0 Å². The molecule has 1 aliphatic heterocycles. The van der Waals surface area contributed by atoms with Crippen molar-refractivity contribution < 1.29 is 26.4 Å². The van der Waals surface area contributed by atoms with Crippen molar-refractivity contribution in [2.24, 2.45) is 5.92 Å². The third-order valence-corrected chi connectivity index (χ3v) is 8.98. The second kappa shape index (κ2) is 9.37. The van der Waals surface area contributed by atoms with Crippen LogP contribution in [0.1, 0.15) is 19.8 Å². The average molecular weight is 467 g/mol. The maximum Gasteiger partial charge on any atom is 0.243 e. The lowest BCUT2D eigenvalue weighted by atomic mass is 9.99. The first-order valence-corrected chi connectivity index (χ1v) is 13.0. The smallest absolute Gasteiger partial charge is 0.243 e. The number of carbonyl (C=O) groups excluding carboxylic acids is 1. The number of piperidine rings is 1. The molecular weight excluding hydrogens is 440 g/mol. The van der Waals surface area contributed by atoms with Crippen LogP contribution >= 0.6 is 0 Å². The summed E-state index contributed by atoms with van der Waals surface area (Å²) in [7, 11) is -5.77. The molecule has 1 fully saturated rings. The minimum atomic E-state index is -3.76. The maximum atomic E-state index is 13.0. The summed E-state index contributed by atoms with van der Waals surface area (Å²) in [6.45, 7) is 1.89. The molecule has 1 N–H and O–H groups in total. The van der Waals surface area contributed by atoms with E-state index in [9.17, 15) is 21.6 Å². The van der Waals surface area contributed by atoms with Gasteiger partial charge in [0.2, 0.25) is 15.9 Å². The number of rotatable bonds is 7. The van der Waals surface area contributed by atoms with Crippen LogP contribution in [-0.2, 0) is 24.7 Å². The lowest BCUT2D eigenvalue weighted by Gasteiger charge is -2.31. The molecule has 1 aliphatic rings. The number of sulfonamides is 1. The number of hydrogen-bond acceptors (Lipinski definition) is 6. The van der Waals surface area contributed by atoms with E-state index in [2.05, 4.69) is 5.32 Å². The van der Waals surface area contributed by atoms with E-state index in [-0.39, 0.29) is 27.8 Å². The van der Waals surface area contributed by atoms with Crippen molar-refractivity contribution in [3.63, 3.8) is 0 Å². The Morgan fingerprint density at radius 3 is 2.42 bits per heavy atom. The highest BCUT2D eigenvalue weighted by Crippen LogP contribution is 2.27. The largest absolute Gasteiger partial charge is 0.497 e. The predicted octanol–water partition coefficient (Wildman–Crippen LogP) is 2.53. The molecule has 0 radical (unpaired) electrons. The quantitative estimate of drug-likeness (QED) is 0.672. The molecule has 31 heavy (non-hydrogen) atoms. The molecule has 1 amide bonds. The van der Waals surface area contributed by atoms with Crippen molar-refractivity contribution in [2.75, 3.05) is 31.3 Å². The van der Waals surface area contributed by atoms with E-state index in [0.717, 1.165) is 0 Å². The van der Waals surface area contributed by atoms with Crippen LogP contribution in [0.3, 0.4) is 0 Å². The van der Waals surface area contributed by atoms with Crippen LogP contribution in [0.4, 0.5) is 5.69 Å². The molecule has 1 unspecified atom stereocenters. The highest BCUT2D eigenvalue weighted by Gasteiger charge is 2.33. The van der Waals surface area contributed by atoms with Crippen LogP contribution in [-0.4, -0.2) is 53.0 Å². The van der Waals surface area contributed by atoms with Crippen molar-refractivity contribution in [3.8, 4) is 5.75 Å². The molecule has 2 aromatic carbocycles. The molecule has 1 saturated heterocycles. The Morgan fingerprint density at radius 2 is 1.77 bits per heavy atom. The Bertz CT molecular complexity index is 1140. The van der Waals surface area contributed by atoms with E-state index in [4.69, 9.17) is 4.74 Å². The molecule has 10 heteroatoms. The first kappa shape index (κ1) is 23.2. The fourth-order valence-corrected chi connectivity index (χ4v) is 6.08. The number of anilines is 1. The van der Waals surface area contributed by atoms with Gasteiger partial charge < -0.3 is 10.1 Å². The van der Waals surface area contributed by atoms with Gasteiger partial charge in [0.05, 0.1) is 34.3 Å². The number of benzene rings is 2. The number of methoxy groups -OCH3 is 1. The van der Waals surface area contributed by atoms with Crippen molar-refractivity contribution in [1.29, 1.82) is 0 Å². The van der Waals surface area contributed by atoms with Gasteiger partial charge in [0, 0.05) is 13.1 Å². The third-order valence-electron chi connectivity index (χ3n) is 5.31. The fraction of sp³-hybridized carbons (Fsp3) is 0.381. The Morgan fingerprint density at radius 1 is 1.10 bits per heavy atom. The number of ether oxygens (including phenoxy) is 1. The van der Waals surface area contributed by atoms with Gasteiger partial charge in [0.15, 0.2) is 9.84 Å². The van der Waals surface area contributed by atoms with Crippen molar-refractivity contribution in [3.05, 3.63) is 48.5 Å². The zero-order valence-corrected chi connectivity index (χ0v) is 19.1. The molecule has 0 aliphatic carbocycles. The molecule has 0 spiro atoms. The summed E-state index contributed by atoms with van der Waals surface area (Å²) in [5, 5.41) is 2.69. The van der Waals surface area contributed by atoms with Gasteiger partial charge in [0.1, 0.15) is 5.75 Å². The number of amides is 1. The minimum absolute atomic E-state index is 0.0306. The van der Waals surface area contributed by atoms with Gasteiger partial charge in [-0.15, -0.1) is 0 Å². The summed E-state index contributed by atoms with van der Waals surface area (Å²) in [5.41, 5.74) is 0.212. The van der Waals surface area contributed by atoms with Gasteiger partial charge in [-0.25, -0.2) is 16.8 Å². The van der Waals surface area contributed by atoms with Crippen LogP contribution in [0.15, 0.2) is 58.3 Å². The summed E-state index contributed by atoms with van der Waals surface area (Å²) < 4.78 is 57.0. The summed E-state index contributed by atoms with van der Waals surface area (Å²) in [4.78, 5) is 13.1. The molecule has 3 rings (SSSR count). The van der Waals surface area contributed by atoms with Crippen LogP contribution in [0.5, 0.6) is 5.75 Å². The van der Waals surface area contributed by atoms with Crippen LogP contribution in [0.2, 0.25) is 0 Å². The van der Waals surface area contributed by atoms with Crippen molar-refractivity contribution in [1.82, 2.24) is 4.31 Å². The molecule has 0 saturated carbocycles. The van der Waals surface area contributed by atoms with Gasteiger partial charge in [-0.3, -0.25) is 4.79 Å². The molecule has 2 aromatic rings. The first-order valence-electron chi connectivity index (χ1n) is 9.96. The summed E-state index contributed by atoms with van der Waals surface area (Å²) >= 11 is 0. The third kappa shape index (κ3) is 5.08. The predicted molar refractivity (Wildman–Crippen MR) is 117 cm³/mol. The molecule has 8 nitrogen and oxygen atoms in total. The zero-order valence-electron chi connectivity index (χ0n) is 17.4. The number of para-hydroxylation sites is 1. The highest BCUT2D eigenvalue weighted by atomic mass is 32.2. The van der Waals surface area contributed by atoms with Crippen LogP contribution < -0.4 is 10.1 Å². The van der Waals surface area contributed by atoms with Gasteiger partial charge in [-0.05, 0) is 49.2 Å². The van der Waals surface area contributed by atoms with E-state index < -0.39 is 31.7 Å². The molecule has 168 valence electrons. The molecule has 0 aromatic heterocycles. The summed E-state index contributed by atoms with van der Waals surface area (Å²) in [6.07, 6.45) is 1.05. The SMILES string of the molecule is CCS(=O)(=O)c1ccccc1NC(=O)C1CCCN(S(=O)(=O)c2ccc(OC)cc2)C1. The molecule has 0 bridgehead atoms. The average Bonchev–Trinajstić information content (AvgIpc) is 2.79. The van der Waals surface area contributed by atoms with Crippen LogP contribution in [0, 0.1) is 5.92 Å². The molecule has 1 atom stereocenters. The van der Waals surface area contributed by atoms with E-state index in [0.29, 0.717) is 25.1 Å². The lowest BCUT2D eigenvalue weighted by molar-refractivity contribution is -0.120. The Balaban J connectivity index is 1.77. The number of nitrogens with zero attached hydrogens (tertiary/aromatic N) is 1. The van der Waals surface area contributed by atoms with E-state index in [1.54, 1.807) is 24.3 Å². The maximum absolute atomic E-state index is 13.0. The Hall–Kier alpha value is -2.43. The summed E-state index contributed by atoms with van der Waals surface area (Å²) in [5.74, 6) is -0.514. The topological polar surface area (TPSA) is 110 Å². The number of sulfone groups is 1.